The molecule has 1 aromatic rings. The molecular formula is C17H28N2O2. The summed E-state index contributed by atoms with van der Waals surface area (Å²) >= 11 is 0. The van der Waals surface area contributed by atoms with Crippen LogP contribution in [0.15, 0.2) is 16.5 Å². The van der Waals surface area contributed by atoms with Crippen LogP contribution in [-0.4, -0.2) is 29.9 Å². The summed E-state index contributed by atoms with van der Waals surface area (Å²) in [5.41, 5.74) is -0.197. The van der Waals surface area contributed by atoms with E-state index in [1.54, 1.807) is 0 Å². The molecule has 1 saturated heterocycles. The topological polar surface area (TPSA) is 45.5 Å². The third kappa shape index (κ3) is 3.49. The molecule has 0 radical (unpaired) electrons. The average molecular weight is 292 g/mol. The van der Waals surface area contributed by atoms with Gasteiger partial charge in [0.15, 0.2) is 0 Å². The van der Waals surface area contributed by atoms with Crippen LogP contribution in [-0.2, 0) is 11.3 Å². The van der Waals surface area contributed by atoms with Gasteiger partial charge in [-0.1, -0.05) is 6.92 Å². The number of hydrogen-bond acceptors (Lipinski definition) is 3. The molecule has 0 saturated carbocycles. The van der Waals surface area contributed by atoms with Crippen molar-refractivity contribution in [2.75, 3.05) is 13.1 Å². The van der Waals surface area contributed by atoms with Crippen LogP contribution < -0.4 is 5.32 Å². The van der Waals surface area contributed by atoms with Crippen molar-refractivity contribution in [2.45, 2.75) is 59.5 Å². The normalized spacial score (nSPS) is 18.0. The van der Waals surface area contributed by atoms with E-state index in [1.807, 2.05) is 24.0 Å². The van der Waals surface area contributed by atoms with Gasteiger partial charge in [0.25, 0.3) is 0 Å². The lowest BCUT2D eigenvalue weighted by Crippen LogP contribution is -2.50. The number of rotatable bonds is 5. The number of aryl methyl sites for hydroxylation is 1. The van der Waals surface area contributed by atoms with Gasteiger partial charge in [0.1, 0.15) is 11.5 Å². The molecule has 1 aliphatic rings. The van der Waals surface area contributed by atoms with Gasteiger partial charge in [0.2, 0.25) is 5.91 Å². The molecule has 0 aromatic carbocycles. The Morgan fingerprint density at radius 2 is 2.05 bits per heavy atom. The Bertz CT molecular complexity index is 473. The highest BCUT2D eigenvalue weighted by Crippen LogP contribution is 2.35. The number of hydrogen-bond donors (Lipinski definition) is 1. The molecular weight excluding hydrogens is 264 g/mol. The van der Waals surface area contributed by atoms with E-state index < -0.39 is 0 Å². The Kier molecular flexibility index (Phi) is 5.09. The van der Waals surface area contributed by atoms with E-state index in [1.165, 1.54) is 0 Å². The van der Waals surface area contributed by atoms with Crippen molar-refractivity contribution < 1.29 is 9.21 Å². The van der Waals surface area contributed by atoms with Crippen LogP contribution in [0.1, 0.15) is 51.6 Å². The van der Waals surface area contributed by atoms with Crippen molar-refractivity contribution in [1.82, 2.24) is 10.2 Å². The predicted octanol–water partition coefficient (Wildman–Crippen LogP) is 3.10. The summed E-state index contributed by atoms with van der Waals surface area (Å²) in [6.07, 6.45) is 2.78. The van der Waals surface area contributed by atoms with E-state index in [2.05, 4.69) is 26.1 Å². The molecule has 4 nitrogen and oxygen atoms in total. The Labute approximate surface area is 127 Å². The van der Waals surface area contributed by atoms with Gasteiger partial charge in [0, 0.05) is 6.04 Å². The number of carbonyl (C=O) groups is 1. The predicted molar refractivity (Wildman–Crippen MR) is 84.0 cm³/mol. The number of nitrogens with zero attached hydrogens (tertiary/aromatic N) is 1. The van der Waals surface area contributed by atoms with E-state index in [0.29, 0.717) is 6.54 Å². The maximum Gasteiger partial charge on any atom is 0.229 e. The Balaban J connectivity index is 2.18. The van der Waals surface area contributed by atoms with Gasteiger partial charge in [-0.25, -0.2) is 0 Å². The molecule has 0 spiro atoms. The lowest BCUT2D eigenvalue weighted by atomic mass is 9.75. The molecule has 0 unspecified atom stereocenters. The van der Waals surface area contributed by atoms with Crippen LogP contribution in [0.25, 0.3) is 0 Å². The van der Waals surface area contributed by atoms with Crippen molar-refractivity contribution in [1.29, 1.82) is 0 Å². The SMILES string of the molecule is CCC1(C(=O)N(Cc2ccc(C)o2)C(C)C)CCNCC1. The Morgan fingerprint density at radius 3 is 2.52 bits per heavy atom. The van der Waals surface area contributed by atoms with Crippen LogP contribution in [0.5, 0.6) is 0 Å². The van der Waals surface area contributed by atoms with Crippen LogP contribution in [0.4, 0.5) is 0 Å². The van der Waals surface area contributed by atoms with E-state index in [9.17, 15) is 4.79 Å². The summed E-state index contributed by atoms with van der Waals surface area (Å²) in [4.78, 5) is 15.1. The van der Waals surface area contributed by atoms with Gasteiger partial charge in [-0.3, -0.25) is 4.79 Å². The van der Waals surface area contributed by atoms with E-state index in [4.69, 9.17) is 4.42 Å². The van der Waals surface area contributed by atoms with Crippen molar-refractivity contribution >= 4 is 5.91 Å². The number of amides is 1. The minimum atomic E-state index is -0.197. The van der Waals surface area contributed by atoms with Gasteiger partial charge in [-0.2, -0.15) is 0 Å². The van der Waals surface area contributed by atoms with Crippen LogP contribution in [0.2, 0.25) is 0 Å². The monoisotopic (exact) mass is 292 g/mol. The van der Waals surface area contributed by atoms with Crippen LogP contribution >= 0.6 is 0 Å². The fourth-order valence-corrected chi connectivity index (χ4v) is 3.16. The second-order valence-corrected chi connectivity index (χ2v) is 6.42. The van der Waals surface area contributed by atoms with Crippen LogP contribution in [0, 0.1) is 12.3 Å². The zero-order chi connectivity index (χ0) is 15.5. The first-order chi connectivity index (χ1) is 9.98. The fourth-order valence-electron chi connectivity index (χ4n) is 3.16. The first kappa shape index (κ1) is 16.1. The summed E-state index contributed by atoms with van der Waals surface area (Å²) in [6, 6.07) is 4.11. The van der Waals surface area contributed by atoms with Crippen molar-refractivity contribution in [2.24, 2.45) is 5.41 Å². The largest absolute Gasteiger partial charge is 0.464 e. The third-order valence-electron chi connectivity index (χ3n) is 4.70. The molecule has 0 bridgehead atoms. The maximum atomic E-state index is 13.2. The zero-order valence-electron chi connectivity index (χ0n) is 13.7. The van der Waals surface area contributed by atoms with Crippen LogP contribution in [0.3, 0.4) is 0 Å². The smallest absolute Gasteiger partial charge is 0.229 e. The first-order valence-electron chi connectivity index (χ1n) is 8.05. The standard InChI is InChI=1S/C17H28N2O2/c1-5-17(8-10-18-11-9-17)16(20)19(13(2)3)12-15-7-6-14(4)21-15/h6-7,13,18H,5,8-12H2,1-4H3. The molecule has 4 heteroatoms. The molecule has 2 heterocycles. The number of furan rings is 1. The molecule has 0 atom stereocenters. The van der Waals surface area contributed by atoms with Crippen molar-refractivity contribution in [3.8, 4) is 0 Å². The molecule has 2 rings (SSSR count). The van der Waals surface area contributed by atoms with E-state index in [-0.39, 0.29) is 17.4 Å². The molecule has 1 N–H and O–H groups in total. The average Bonchev–Trinajstić information content (AvgIpc) is 2.90. The van der Waals surface area contributed by atoms with Gasteiger partial charge >= 0.3 is 0 Å². The number of carbonyl (C=O) groups excluding carboxylic acids is 1. The first-order valence-corrected chi connectivity index (χ1v) is 8.05. The molecule has 1 aromatic heterocycles. The fraction of sp³-hybridized carbons (Fsp3) is 0.706. The summed E-state index contributed by atoms with van der Waals surface area (Å²) in [5.74, 6) is 2.05. The molecule has 21 heavy (non-hydrogen) atoms. The van der Waals surface area contributed by atoms with Gasteiger partial charge in [-0.15, -0.1) is 0 Å². The lowest BCUT2D eigenvalue weighted by molar-refractivity contribution is -0.147. The van der Waals surface area contributed by atoms with Gasteiger partial charge < -0.3 is 14.6 Å². The number of piperidine rings is 1. The molecule has 0 aliphatic carbocycles. The Morgan fingerprint density at radius 1 is 1.38 bits per heavy atom. The Hall–Kier alpha value is -1.29. The highest BCUT2D eigenvalue weighted by molar-refractivity contribution is 5.83. The van der Waals surface area contributed by atoms with E-state index >= 15 is 0 Å². The molecule has 1 amide bonds. The third-order valence-corrected chi connectivity index (χ3v) is 4.70. The summed E-state index contributed by atoms with van der Waals surface area (Å²) in [5, 5.41) is 3.36. The van der Waals surface area contributed by atoms with Gasteiger partial charge in [-0.05, 0) is 65.3 Å². The highest BCUT2D eigenvalue weighted by Gasteiger charge is 2.41. The quantitative estimate of drug-likeness (QED) is 0.907. The molecule has 1 aliphatic heterocycles. The van der Waals surface area contributed by atoms with Crippen molar-refractivity contribution in [3.05, 3.63) is 23.7 Å². The summed E-state index contributed by atoms with van der Waals surface area (Å²) in [6.45, 7) is 10.7. The molecule has 118 valence electrons. The summed E-state index contributed by atoms with van der Waals surface area (Å²) < 4.78 is 5.66. The zero-order valence-corrected chi connectivity index (χ0v) is 13.7. The second-order valence-electron chi connectivity index (χ2n) is 6.42. The van der Waals surface area contributed by atoms with Gasteiger partial charge in [0.05, 0.1) is 12.0 Å². The minimum Gasteiger partial charge on any atom is -0.464 e. The number of nitrogens with one attached hydrogen (secondary N) is 1. The highest BCUT2D eigenvalue weighted by atomic mass is 16.3. The lowest BCUT2D eigenvalue weighted by Gasteiger charge is -2.40. The second kappa shape index (κ2) is 6.65. The van der Waals surface area contributed by atoms with E-state index in [0.717, 1.165) is 43.9 Å². The minimum absolute atomic E-state index is 0.182. The molecule has 1 fully saturated rings. The maximum absolute atomic E-state index is 13.2. The summed E-state index contributed by atoms with van der Waals surface area (Å²) in [7, 11) is 0. The van der Waals surface area contributed by atoms with Crippen molar-refractivity contribution in [3.63, 3.8) is 0 Å².